The van der Waals surface area contributed by atoms with E-state index in [0.717, 1.165) is 12.8 Å². The molecular weight excluding hydrogens is 176 g/mol. The molecule has 0 heterocycles. The molecule has 3 heteroatoms. The zero-order valence-electron chi connectivity index (χ0n) is 9.25. The van der Waals surface area contributed by atoms with Crippen molar-refractivity contribution in [1.29, 1.82) is 0 Å². The van der Waals surface area contributed by atoms with E-state index in [-0.39, 0.29) is 17.9 Å². The van der Waals surface area contributed by atoms with Crippen LogP contribution in [0.1, 0.15) is 39.5 Å². The van der Waals surface area contributed by atoms with E-state index in [9.17, 15) is 4.79 Å². The maximum absolute atomic E-state index is 11.7. The van der Waals surface area contributed by atoms with Crippen LogP contribution in [0.5, 0.6) is 0 Å². The Labute approximate surface area is 86.4 Å². The summed E-state index contributed by atoms with van der Waals surface area (Å²) < 4.78 is 0. The number of carbonyl (C=O) groups is 1. The van der Waals surface area contributed by atoms with Crippen LogP contribution in [-0.2, 0) is 4.79 Å². The van der Waals surface area contributed by atoms with Crippen LogP contribution in [0.15, 0.2) is 0 Å². The van der Waals surface area contributed by atoms with Gasteiger partial charge in [-0.3, -0.25) is 4.79 Å². The van der Waals surface area contributed by atoms with Crippen molar-refractivity contribution in [2.24, 2.45) is 17.6 Å². The number of carbonyl (C=O) groups excluding carboxylic acids is 1. The summed E-state index contributed by atoms with van der Waals surface area (Å²) in [5.74, 6) is 1.01. The predicted molar refractivity (Wildman–Crippen MR) is 57.8 cm³/mol. The smallest absolute Gasteiger partial charge is 0.223 e. The summed E-state index contributed by atoms with van der Waals surface area (Å²) in [7, 11) is 0. The van der Waals surface area contributed by atoms with Crippen LogP contribution in [-0.4, -0.2) is 18.5 Å². The Balaban J connectivity index is 2.29. The first-order valence-electron chi connectivity index (χ1n) is 5.69. The van der Waals surface area contributed by atoms with Gasteiger partial charge in [0, 0.05) is 18.5 Å². The van der Waals surface area contributed by atoms with Crippen molar-refractivity contribution in [3.8, 4) is 0 Å². The maximum atomic E-state index is 11.7. The van der Waals surface area contributed by atoms with Gasteiger partial charge in [-0.1, -0.05) is 20.3 Å². The number of hydrogen-bond acceptors (Lipinski definition) is 2. The molecule has 2 atom stereocenters. The summed E-state index contributed by atoms with van der Waals surface area (Å²) >= 11 is 0. The van der Waals surface area contributed by atoms with Gasteiger partial charge >= 0.3 is 0 Å². The van der Waals surface area contributed by atoms with Crippen molar-refractivity contribution in [1.82, 2.24) is 5.32 Å². The summed E-state index contributed by atoms with van der Waals surface area (Å²) in [6.07, 6.45) is 4.49. The van der Waals surface area contributed by atoms with Gasteiger partial charge in [0.2, 0.25) is 5.91 Å². The van der Waals surface area contributed by atoms with E-state index in [1.54, 1.807) is 0 Å². The van der Waals surface area contributed by atoms with E-state index in [1.165, 1.54) is 12.8 Å². The molecule has 0 aliphatic heterocycles. The lowest BCUT2D eigenvalue weighted by Crippen LogP contribution is -2.42. The van der Waals surface area contributed by atoms with Crippen molar-refractivity contribution in [3.05, 3.63) is 0 Å². The van der Waals surface area contributed by atoms with Gasteiger partial charge in [0.1, 0.15) is 0 Å². The predicted octanol–water partition coefficient (Wildman–Crippen LogP) is 1.28. The lowest BCUT2D eigenvalue weighted by atomic mass is 10.0. The third-order valence-electron chi connectivity index (χ3n) is 3.01. The normalized spacial score (nSPS) is 20.2. The van der Waals surface area contributed by atoms with E-state index >= 15 is 0 Å². The third kappa shape index (κ3) is 3.29. The fourth-order valence-corrected chi connectivity index (χ4v) is 1.74. The average Bonchev–Trinajstić information content (AvgIpc) is 2.99. The first-order valence-corrected chi connectivity index (χ1v) is 5.69. The Bertz CT molecular complexity index is 190. The number of nitrogens with two attached hydrogens (primary N) is 1. The van der Waals surface area contributed by atoms with Crippen LogP contribution < -0.4 is 11.1 Å². The summed E-state index contributed by atoms with van der Waals surface area (Å²) in [4.78, 5) is 11.7. The quantitative estimate of drug-likeness (QED) is 0.675. The van der Waals surface area contributed by atoms with Crippen molar-refractivity contribution >= 4 is 5.91 Å². The average molecular weight is 198 g/mol. The highest BCUT2D eigenvalue weighted by Gasteiger charge is 2.32. The monoisotopic (exact) mass is 198 g/mol. The summed E-state index contributed by atoms with van der Waals surface area (Å²) in [6.45, 7) is 4.68. The van der Waals surface area contributed by atoms with Crippen LogP contribution in [0, 0.1) is 11.8 Å². The van der Waals surface area contributed by atoms with E-state index in [4.69, 9.17) is 5.73 Å². The second kappa shape index (κ2) is 5.35. The minimum Gasteiger partial charge on any atom is -0.352 e. The van der Waals surface area contributed by atoms with E-state index < -0.39 is 0 Å². The summed E-state index contributed by atoms with van der Waals surface area (Å²) in [6, 6.07) is 0.175. The standard InChI is InChI=1S/C11H22N2O/c1-3-4-10(7-12)13-11(14)8(2)9-5-6-9/h8-10H,3-7,12H2,1-2H3,(H,13,14). The Kier molecular flexibility index (Phi) is 4.39. The van der Waals surface area contributed by atoms with Gasteiger partial charge in [0.15, 0.2) is 0 Å². The SMILES string of the molecule is CCCC(CN)NC(=O)C(C)C1CC1. The van der Waals surface area contributed by atoms with Gasteiger partial charge in [-0.25, -0.2) is 0 Å². The highest BCUT2D eigenvalue weighted by Crippen LogP contribution is 2.36. The van der Waals surface area contributed by atoms with Crippen molar-refractivity contribution in [2.45, 2.75) is 45.6 Å². The molecule has 0 aromatic carbocycles. The molecule has 2 unspecified atom stereocenters. The highest BCUT2D eigenvalue weighted by atomic mass is 16.1. The molecule has 3 nitrogen and oxygen atoms in total. The van der Waals surface area contributed by atoms with Crippen LogP contribution in [0.3, 0.4) is 0 Å². The molecule has 82 valence electrons. The third-order valence-corrected chi connectivity index (χ3v) is 3.01. The van der Waals surface area contributed by atoms with Gasteiger partial charge in [-0.15, -0.1) is 0 Å². The molecule has 1 saturated carbocycles. The molecule has 0 aromatic rings. The van der Waals surface area contributed by atoms with Gasteiger partial charge in [0.05, 0.1) is 0 Å². The van der Waals surface area contributed by atoms with E-state index in [2.05, 4.69) is 12.2 Å². The first-order chi connectivity index (χ1) is 6.69. The molecule has 14 heavy (non-hydrogen) atoms. The molecule has 0 saturated heterocycles. The molecule has 0 aromatic heterocycles. The second-order valence-electron chi connectivity index (χ2n) is 4.36. The largest absolute Gasteiger partial charge is 0.352 e. The molecule has 1 fully saturated rings. The van der Waals surface area contributed by atoms with Gasteiger partial charge < -0.3 is 11.1 Å². The van der Waals surface area contributed by atoms with Crippen LogP contribution in [0.4, 0.5) is 0 Å². The van der Waals surface area contributed by atoms with Crippen molar-refractivity contribution in [2.75, 3.05) is 6.54 Å². The zero-order chi connectivity index (χ0) is 10.6. The van der Waals surface area contributed by atoms with Crippen molar-refractivity contribution < 1.29 is 4.79 Å². The highest BCUT2D eigenvalue weighted by molar-refractivity contribution is 5.79. The first kappa shape index (κ1) is 11.5. The molecule has 1 aliphatic carbocycles. The Hall–Kier alpha value is -0.570. The topological polar surface area (TPSA) is 55.1 Å². The molecule has 0 spiro atoms. The van der Waals surface area contributed by atoms with Gasteiger partial charge in [-0.2, -0.15) is 0 Å². The second-order valence-corrected chi connectivity index (χ2v) is 4.36. The minimum atomic E-state index is 0.175. The van der Waals surface area contributed by atoms with Crippen LogP contribution >= 0.6 is 0 Å². The fraction of sp³-hybridized carbons (Fsp3) is 0.909. The fourth-order valence-electron chi connectivity index (χ4n) is 1.74. The lowest BCUT2D eigenvalue weighted by molar-refractivity contribution is -0.125. The maximum Gasteiger partial charge on any atom is 0.223 e. The number of nitrogens with one attached hydrogen (secondary N) is 1. The molecule has 1 rings (SSSR count). The lowest BCUT2D eigenvalue weighted by Gasteiger charge is -2.18. The van der Waals surface area contributed by atoms with Crippen LogP contribution in [0.2, 0.25) is 0 Å². The van der Waals surface area contributed by atoms with E-state index in [0.29, 0.717) is 12.5 Å². The van der Waals surface area contributed by atoms with Crippen LogP contribution in [0.25, 0.3) is 0 Å². The summed E-state index contributed by atoms with van der Waals surface area (Å²) in [5.41, 5.74) is 5.58. The molecule has 0 bridgehead atoms. The molecule has 1 aliphatic rings. The summed E-state index contributed by atoms with van der Waals surface area (Å²) in [5, 5.41) is 3.02. The zero-order valence-corrected chi connectivity index (χ0v) is 9.25. The molecule has 3 N–H and O–H groups in total. The van der Waals surface area contributed by atoms with E-state index in [1.807, 2.05) is 6.92 Å². The Morgan fingerprint density at radius 2 is 2.21 bits per heavy atom. The molecular formula is C11H22N2O. The minimum absolute atomic E-state index is 0.175. The Morgan fingerprint density at radius 1 is 1.57 bits per heavy atom. The number of hydrogen-bond donors (Lipinski definition) is 2. The molecule has 1 amide bonds. The number of amides is 1. The Morgan fingerprint density at radius 3 is 2.64 bits per heavy atom. The van der Waals surface area contributed by atoms with Gasteiger partial charge in [0.25, 0.3) is 0 Å². The number of rotatable bonds is 6. The van der Waals surface area contributed by atoms with Crippen molar-refractivity contribution in [3.63, 3.8) is 0 Å². The van der Waals surface area contributed by atoms with Gasteiger partial charge in [-0.05, 0) is 25.2 Å². The molecule has 0 radical (unpaired) electrons.